The fourth-order valence-electron chi connectivity index (χ4n) is 5.44. The van der Waals surface area contributed by atoms with Crippen LogP contribution in [-0.2, 0) is 23.0 Å². The molecule has 3 N–H and O–H groups in total. The van der Waals surface area contributed by atoms with Crippen LogP contribution in [0.2, 0.25) is 0 Å². The maximum atomic E-state index is 12.7. The van der Waals surface area contributed by atoms with Crippen molar-refractivity contribution in [3.63, 3.8) is 0 Å². The fourth-order valence-corrected chi connectivity index (χ4v) is 6.11. The standard InChI is InChI=1S/C35H42N4O6S/c1-4-11-29-27-13-10-14-30(40)28(27)17-18-31(29)45-21-9-5-8-20-35(2,3)24-37-34(41)26-16-19-33(36-22-26)39-38-23-25-12-6-7-15-32(25)46(42,43)44/h4,6-7,12,15-19,22-23H,1,5,8-11,13-14,20-21,24H2,2-3H3,(H,36,39)(H,37,41)(H,42,43,44)/b38-23+. The predicted octanol–water partition coefficient (Wildman–Crippen LogP) is 6.42. The van der Waals surface area contributed by atoms with E-state index < -0.39 is 10.1 Å². The Bertz CT molecular complexity index is 1680. The van der Waals surface area contributed by atoms with Gasteiger partial charge in [0.2, 0.25) is 0 Å². The van der Waals surface area contributed by atoms with Gasteiger partial charge >= 0.3 is 0 Å². The molecule has 3 aromatic rings. The molecule has 4 rings (SSSR count). The highest BCUT2D eigenvalue weighted by Gasteiger charge is 2.22. The van der Waals surface area contributed by atoms with Crippen molar-refractivity contribution in [1.82, 2.24) is 10.3 Å². The quantitative estimate of drug-likeness (QED) is 0.0531. The number of anilines is 1. The number of Topliss-reactive ketones (excluding diaryl/α,β-unsaturated/α-hetero) is 1. The molecule has 0 saturated heterocycles. The fraction of sp³-hybridized carbons (Fsp3) is 0.371. The van der Waals surface area contributed by atoms with Crippen LogP contribution >= 0.6 is 0 Å². The van der Waals surface area contributed by atoms with Crippen LogP contribution in [0.3, 0.4) is 0 Å². The zero-order chi connectivity index (χ0) is 33.2. The van der Waals surface area contributed by atoms with Crippen LogP contribution in [0.5, 0.6) is 5.75 Å². The van der Waals surface area contributed by atoms with Crippen LogP contribution in [0.15, 0.2) is 77.4 Å². The van der Waals surface area contributed by atoms with Gasteiger partial charge in [-0.05, 0) is 73.4 Å². The van der Waals surface area contributed by atoms with Crippen LogP contribution in [0.4, 0.5) is 5.82 Å². The number of hydrogen-bond donors (Lipinski definition) is 3. The molecule has 1 aromatic heterocycles. The maximum Gasteiger partial charge on any atom is 0.295 e. The van der Waals surface area contributed by atoms with Crippen molar-refractivity contribution in [2.24, 2.45) is 10.5 Å². The van der Waals surface area contributed by atoms with Crippen LogP contribution in [0, 0.1) is 5.41 Å². The van der Waals surface area contributed by atoms with Gasteiger partial charge in [-0.3, -0.25) is 19.6 Å². The van der Waals surface area contributed by atoms with E-state index in [1.54, 1.807) is 18.2 Å². The highest BCUT2D eigenvalue weighted by Crippen LogP contribution is 2.32. The normalized spacial score (nSPS) is 13.3. The van der Waals surface area contributed by atoms with Crippen molar-refractivity contribution in [2.75, 3.05) is 18.6 Å². The number of nitrogens with one attached hydrogen (secondary N) is 2. The number of aromatic nitrogens is 1. The Morgan fingerprint density at radius 2 is 1.91 bits per heavy atom. The average Bonchev–Trinajstić information content (AvgIpc) is 3.03. The summed E-state index contributed by atoms with van der Waals surface area (Å²) in [5.41, 5.74) is 6.25. The minimum absolute atomic E-state index is 0.0966. The second-order valence-corrected chi connectivity index (χ2v) is 13.5. The maximum absolute atomic E-state index is 12.7. The average molecular weight is 647 g/mol. The third kappa shape index (κ3) is 9.58. The molecule has 0 unspecified atom stereocenters. The van der Waals surface area contributed by atoms with Crippen molar-refractivity contribution >= 4 is 33.8 Å². The van der Waals surface area contributed by atoms with E-state index in [1.165, 1.54) is 30.6 Å². The van der Waals surface area contributed by atoms with Gasteiger partial charge in [-0.15, -0.1) is 6.58 Å². The van der Waals surface area contributed by atoms with Gasteiger partial charge in [0.25, 0.3) is 16.0 Å². The molecule has 11 heteroatoms. The predicted molar refractivity (Wildman–Crippen MR) is 179 cm³/mol. The van der Waals surface area contributed by atoms with E-state index >= 15 is 0 Å². The number of allylic oxidation sites excluding steroid dienone is 1. The third-order valence-electron chi connectivity index (χ3n) is 7.96. The van der Waals surface area contributed by atoms with Crippen LogP contribution in [-0.4, -0.2) is 49.0 Å². The van der Waals surface area contributed by atoms with Crippen molar-refractivity contribution in [3.8, 4) is 5.75 Å². The molecule has 1 aliphatic carbocycles. The summed E-state index contributed by atoms with van der Waals surface area (Å²) in [5, 5.41) is 6.98. The molecule has 1 heterocycles. The summed E-state index contributed by atoms with van der Waals surface area (Å²) in [5.74, 6) is 1.20. The molecule has 1 amide bonds. The van der Waals surface area contributed by atoms with Gasteiger partial charge in [-0.1, -0.05) is 51.0 Å². The molecule has 1 aliphatic rings. The summed E-state index contributed by atoms with van der Waals surface area (Å²) in [4.78, 5) is 29.0. The van der Waals surface area contributed by atoms with Gasteiger partial charge < -0.3 is 10.1 Å². The number of ketones is 1. The van der Waals surface area contributed by atoms with E-state index in [4.69, 9.17) is 4.74 Å². The van der Waals surface area contributed by atoms with Crippen molar-refractivity contribution in [3.05, 3.63) is 95.2 Å². The van der Waals surface area contributed by atoms with E-state index in [9.17, 15) is 22.6 Å². The number of hydrogen-bond acceptors (Lipinski definition) is 8. The lowest BCUT2D eigenvalue weighted by Gasteiger charge is -2.25. The number of pyridine rings is 1. The first kappa shape index (κ1) is 34.5. The lowest BCUT2D eigenvalue weighted by molar-refractivity contribution is 0.0932. The number of nitrogens with zero attached hydrogens (tertiary/aromatic N) is 2. The molecular weight excluding hydrogens is 604 g/mol. The van der Waals surface area contributed by atoms with E-state index in [0.29, 0.717) is 37.4 Å². The molecule has 0 atom stereocenters. The Balaban J connectivity index is 1.18. The van der Waals surface area contributed by atoms with Crippen molar-refractivity contribution in [1.29, 1.82) is 0 Å². The molecule has 244 valence electrons. The lowest BCUT2D eigenvalue weighted by Crippen LogP contribution is -2.34. The Kier molecular flexibility index (Phi) is 11.8. The van der Waals surface area contributed by atoms with E-state index in [0.717, 1.165) is 61.0 Å². The highest BCUT2D eigenvalue weighted by molar-refractivity contribution is 7.86. The Morgan fingerprint density at radius 3 is 2.65 bits per heavy atom. The molecule has 0 radical (unpaired) electrons. The number of carbonyl (C=O) groups is 2. The lowest BCUT2D eigenvalue weighted by atomic mass is 9.86. The van der Waals surface area contributed by atoms with Gasteiger partial charge in [0, 0.05) is 35.9 Å². The molecule has 0 bridgehead atoms. The van der Waals surface area contributed by atoms with Crippen LogP contribution in [0.1, 0.15) is 89.8 Å². The Morgan fingerprint density at radius 1 is 1.11 bits per heavy atom. The summed E-state index contributed by atoms with van der Waals surface area (Å²) < 4.78 is 38.5. The summed E-state index contributed by atoms with van der Waals surface area (Å²) in [6.45, 7) is 9.26. The smallest absolute Gasteiger partial charge is 0.295 e. The van der Waals surface area contributed by atoms with Gasteiger partial charge in [-0.2, -0.15) is 13.5 Å². The van der Waals surface area contributed by atoms with E-state index in [-0.39, 0.29) is 27.6 Å². The zero-order valence-corrected chi connectivity index (χ0v) is 27.2. The Hall–Kier alpha value is -4.35. The first-order valence-corrected chi connectivity index (χ1v) is 16.9. The molecule has 2 aromatic carbocycles. The largest absolute Gasteiger partial charge is 0.493 e. The van der Waals surface area contributed by atoms with Crippen molar-refractivity contribution in [2.45, 2.75) is 70.1 Å². The number of benzene rings is 2. The first-order chi connectivity index (χ1) is 22.0. The van der Waals surface area contributed by atoms with Gasteiger partial charge in [0.15, 0.2) is 5.78 Å². The minimum Gasteiger partial charge on any atom is -0.493 e. The molecule has 0 saturated carbocycles. The SMILES string of the molecule is C=CCc1c(OCCCCCC(C)(C)CNC(=O)c2ccc(N/N=C/c3ccccc3S(=O)(=O)O)nc2)ccc2c1CCCC2=O. The highest BCUT2D eigenvalue weighted by atomic mass is 32.2. The van der Waals surface area contributed by atoms with E-state index in [1.807, 2.05) is 18.2 Å². The summed E-state index contributed by atoms with van der Waals surface area (Å²) in [6.07, 6.45) is 11.5. The van der Waals surface area contributed by atoms with Crippen LogP contribution in [0.25, 0.3) is 0 Å². The number of hydrazone groups is 1. The Labute approximate surface area is 271 Å². The summed E-state index contributed by atoms with van der Waals surface area (Å²) in [7, 11) is -4.38. The second kappa shape index (κ2) is 15.8. The number of unbranched alkanes of at least 4 members (excludes halogenated alkanes) is 2. The van der Waals surface area contributed by atoms with E-state index in [2.05, 4.69) is 41.3 Å². The number of carbonyl (C=O) groups excluding carboxylic acids is 2. The number of rotatable bonds is 16. The number of fused-ring (bicyclic) bond motifs is 1. The second-order valence-electron chi connectivity index (χ2n) is 12.2. The number of amides is 1. The monoisotopic (exact) mass is 646 g/mol. The molecule has 0 fully saturated rings. The van der Waals surface area contributed by atoms with Gasteiger partial charge in [0.1, 0.15) is 16.5 Å². The van der Waals surface area contributed by atoms with Gasteiger partial charge in [0.05, 0.1) is 18.4 Å². The van der Waals surface area contributed by atoms with Crippen molar-refractivity contribution < 1.29 is 27.3 Å². The minimum atomic E-state index is -4.38. The molecule has 0 aliphatic heterocycles. The summed E-state index contributed by atoms with van der Waals surface area (Å²) in [6, 6.07) is 13.0. The van der Waals surface area contributed by atoms with Crippen LogP contribution < -0.4 is 15.5 Å². The zero-order valence-electron chi connectivity index (χ0n) is 26.4. The molecule has 46 heavy (non-hydrogen) atoms. The number of ether oxygens (including phenoxy) is 1. The molecular formula is C35H42N4O6S. The molecule has 0 spiro atoms. The van der Waals surface area contributed by atoms with Gasteiger partial charge in [-0.25, -0.2) is 4.98 Å². The summed E-state index contributed by atoms with van der Waals surface area (Å²) >= 11 is 0. The first-order valence-electron chi connectivity index (χ1n) is 15.5. The third-order valence-corrected chi connectivity index (χ3v) is 8.88. The topological polar surface area (TPSA) is 147 Å². The molecule has 10 nitrogen and oxygen atoms in total.